The number of hydrogen-bond acceptors (Lipinski definition) is 5. The highest BCUT2D eigenvalue weighted by Crippen LogP contribution is 2.33. The van der Waals surface area contributed by atoms with Gasteiger partial charge in [-0.25, -0.2) is 14.2 Å². The van der Waals surface area contributed by atoms with Crippen LogP contribution >= 0.6 is 0 Å². The van der Waals surface area contributed by atoms with Crippen LogP contribution in [0.15, 0.2) is 60.8 Å². The molecule has 2 aromatic heterocycles. The first kappa shape index (κ1) is 26.7. The monoisotopic (exact) mass is 541 g/mol. The molecule has 10 heteroatoms. The lowest BCUT2D eigenvalue weighted by Crippen LogP contribution is -2.43. The van der Waals surface area contributed by atoms with Crippen LogP contribution in [0.4, 0.5) is 9.18 Å². The zero-order valence-corrected chi connectivity index (χ0v) is 22.1. The minimum Gasteiger partial charge on any atom is -0.465 e. The molecule has 0 unspecified atom stereocenters. The molecule has 1 aliphatic heterocycles. The van der Waals surface area contributed by atoms with Gasteiger partial charge in [0.15, 0.2) is 0 Å². The second-order valence-corrected chi connectivity index (χ2v) is 10.0. The highest BCUT2D eigenvalue weighted by atomic mass is 19.1. The van der Waals surface area contributed by atoms with Gasteiger partial charge in [-0.3, -0.25) is 14.6 Å². The van der Waals surface area contributed by atoms with Gasteiger partial charge in [0, 0.05) is 42.8 Å². The van der Waals surface area contributed by atoms with Gasteiger partial charge in [-0.1, -0.05) is 18.2 Å². The molecule has 3 N–H and O–H groups in total. The summed E-state index contributed by atoms with van der Waals surface area (Å²) in [7, 11) is 1.63. The fourth-order valence-electron chi connectivity index (χ4n) is 5.29. The van der Waals surface area contributed by atoms with E-state index < -0.39 is 17.8 Å². The molecule has 1 aliphatic rings. The van der Waals surface area contributed by atoms with E-state index in [9.17, 15) is 23.9 Å². The molecule has 0 saturated carbocycles. The number of likely N-dealkylation sites (tertiary alicyclic amines) is 1. The van der Waals surface area contributed by atoms with Crippen molar-refractivity contribution in [2.75, 3.05) is 20.1 Å². The topological polar surface area (TPSA) is 130 Å². The van der Waals surface area contributed by atoms with Gasteiger partial charge in [-0.05, 0) is 67.3 Å². The number of primary amides is 1. The van der Waals surface area contributed by atoms with Crippen LogP contribution in [-0.4, -0.2) is 69.0 Å². The maximum atomic E-state index is 14.5. The zero-order valence-electron chi connectivity index (χ0n) is 22.1. The standard InChI is InChI=1S/C30H28FN5O4/c1-17-11-19(13-20(31)12-17)23-15-33-25-9-8-18(24-6-3-7-26(34-24)28(32)37)14-22(25)27(23)29(38)35(2)16-21-5-4-10-36(21)30(39)40/h3,6-9,11-15,21H,4-5,10,16H2,1-2H3,(H2,32,37)(H,39,40)/t21-/m0/s1. The molecule has 204 valence electrons. The van der Waals surface area contributed by atoms with Gasteiger partial charge in [0.1, 0.15) is 11.5 Å². The Morgan fingerprint density at radius 1 is 1.12 bits per heavy atom. The fraction of sp³-hybridized carbons (Fsp3) is 0.233. The second kappa shape index (κ2) is 10.7. The smallest absolute Gasteiger partial charge is 0.407 e. The zero-order chi connectivity index (χ0) is 28.6. The maximum Gasteiger partial charge on any atom is 0.407 e. The molecule has 40 heavy (non-hydrogen) atoms. The van der Waals surface area contributed by atoms with Gasteiger partial charge in [0.2, 0.25) is 0 Å². The van der Waals surface area contributed by atoms with E-state index in [1.54, 1.807) is 56.6 Å². The summed E-state index contributed by atoms with van der Waals surface area (Å²) in [5.74, 6) is -1.45. The Bertz CT molecular complexity index is 1640. The lowest BCUT2D eigenvalue weighted by Gasteiger charge is -2.27. The number of aromatic nitrogens is 2. The summed E-state index contributed by atoms with van der Waals surface area (Å²) < 4.78 is 14.5. The van der Waals surface area contributed by atoms with E-state index in [4.69, 9.17) is 5.73 Å². The highest BCUT2D eigenvalue weighted by Gasteiger charge is 2.31. The number of nitrogens with two attached hydrogens (primary N) is 1. The van der Waals surface area contributed by atoms with Crippen LogP contribution in [0.5, 0.6) is 0 Å². The van der Waals surface area contributed by atoms with Crippen molar-refractivity contribution in [3.05, 3.63) is 83.4 Å². The summed E-state index contributed by atoms with van der Waals surface area (Å²) in [6, 6.07) is 14.5. The fourth-order valence-corrected chi connectivity index (χ4v) is 5.29. The number of carbonyl (C=O) groups is 3. The number of nitrogens with zero attached hydrogens (tertiary/aromatic N) is 4. The van der Waals surface area contributed by atoms with Gasteiger partial charge in [0.05, 0.1) is 22.8 Å². The number of fused-ring (bicyclic) bond motifs is 1. The van der Waals surface area contributed by atoms with Crippen LogP contribution in [0.25, 0.3) is 33.3 Å². The third-order valence-electron chi connectivity index (χ3n) is 7.19. The lowest BCUT2D eigenvalue weighted by atomic mass is 9.94. The number of hydrogen-bond donors (Lipinski definition) is 2. The summed E-state index contributed by atoms with van der Waals surface area (Å²) >= 11 is 0. The SMILES string of the molecule is Cc1cc(F)cc(-c2cnc3ccc(-c4cccc(C(N)=O)n4)cc3c2C(=O)N(C)C[C@@H]2CCCN2C(=O)O)c1. The molecule has 0 spiro atoms. The Morgan fingerprint density at radius 2 is 1.93 bits per heavy atom. The molecule has 1 saturated heterocycles. The van der Waals surface area contributed by atoms with E-state index in [0.29, 0.717) is 57.4 Å². The van der Waals surface area contributed by atoms with Crippen LogP contribution in [0, 0.1) is 12.7 Å². The van der Waals surface area contributed by atoms with E-state index in [2.05, 4.69) is 9.97 Å². The van der Waals surface area contributed by atoms with E-state index >= 15 is 0 Å². The van der Waals surface area contributed by atoms with Gasteiger partial charge in [-0.15, -0.1) is 0 Å². The van der Waals surface area contributed by atoms with Crippen molar-refractivity contribution in [2.24, 2.45) is 5.73 Å². The van der Waals surface area contributed by atoms with E-state index in [1.165, 1.54) is 28.0 Å². The average molecular weight is 542 g/mol. The first-order valence-corrected chi connectivity index (χ1v) is 12.8. The Labute approximate surface area is 230 Å². The molecule has 4 aromatic rings. The van der Waals surface area contributed by atoms with Gasteiger partial charge >= 0.3 is 6.09 Å². The van der Waals surface area contributed by atoms with Crippen LogP contribution in [0.1, 0.15) is 39.3 Å². The van der Waals surface area contributed by atoms with E-state index in [1.807, 2.05) is 0 Å². The number of halogens is 1. The number of amides is 3. The molecule has 1 fully saturated rings. The summed E-state index contributed by atoms with van der Waals surface area (Å²) in [6.45, 7) is 2.40. The Morgan fingerprint density at radius 3 is 2.65 bits per heavy atom. The van der Waals surface area contributed by atoms with Crippen molar-refractivity contribution in [3.63, 3.8) is 0 Å². The van der Waals surface area contributed by atoms with Crippen LogP contribution in [-0.2, 0) is 0 Å². The minimum absolute atomic E-state index is 0.107. The Balaban J connectivity index is 1.66. The lowest BCUT2D eigenvalue weighted by molar-refractivity contribution is 0.0746. The number of benzene rings is 2. The second-order valence-electron chi connectivity index (χ2n) is 10.0. The maximum absolute atomic E-state index is 14.5. The van der Waals surface area contributed by atoms with E-state index in [0.717, 1.165) is 6.42 Å². The quantitative estimate of drug-likeness (QED) is 0.363. The summed E-state index contributed by atoms with van der Waals surface area (Å²) in [4.78, 5) is 49.3. The molecular weight excluding hydrogens is 513 g/mol. The Hall–Kier alpha value is -4.86. The molecule has 3 amide bonds. The average Bonchev–Trinajstić information content (AvgIpc) is 3.39. The molecule has 2 aromatic carbocycles. The van der Waals surface area contributed by atoms with Crippen molar-refractivity contribution >= 4 is 28.8 Å². The first-order valence-electron chi connectivity index (χ1n) is 12.8. The van der Waals surface area contributed by atoms with Crippen molar-refractivity contribution in [1.82, 2.24) is 19.8 Å². The normalized spacial score (nSPS) is 14.9. The predicted octanol–water partition coefficient (Wildman–Crippen LogP) is 4.72. The summed E-state index contributed by atoms with van der Waals surface area (Å²) in [6.07, 6.45) is 1.93. The van der Waals surface area contributed by atoms with E-state index in [-0.39, 0.29) is 24.2 Å². The molecule has 0 aliphatic carbocycles. The third-order valence-corrected chi connectivity index (χ3v) is 7.19. The van der Waals surface area contributed by atoms with Crippen molar-refractivity contribution in [1.29, 1.82) is 0 Å². The Kier molecular flexibility index (Phi) is 7.17. The number of carboxylic acid groups (broad SMARTS) is 1. The largest absolute Gasteiger partial charge is 0.465 e. The van der Waals surface area contributed by atoms with Crippen LogP contribution in [0.3, 0.4) is 0 Å². The third kappa shape index (κ3) is 5.20. The van der Waals surface area contributed by atoms with Crippen LogP contribution in [0.2, 0.25) is 0 Å². The van der Waals surface area contributed by atoms with Gasteiger partial charge in [0.25, 0.3) is 11.8 Å². The molecule has 5 rings (SSSR count). The summed E-state index contributed by atoms with van der Waals surface area (Å²) in [5, 5.41) is 10.1. The number of carbonyl (C=O) groups excluding carboxylic acids is 2. The molecule has 3 heterocycles. The van der Waals surface area contributed by atoms with Gasteiger partial charge < -0.3 is 20.6 Å². The summed E-state index contributed by atoms with van der Waals surface area (Å²) in [5.41, 5.74) is 9.13. The van der Waals surface area contributed by atoms with Crippen molar-refractivity contribution in [2.45, 2.75) is 25.8 Å². The van der Waals surface area contributed by atoms with Crippen molar-refractivity contribution in [3.8, 4) is 22.4 Å². The molecule has 0 radical (unpaired) electrons. The van der Waals surface area contributed by atoms with Gasteiger partial charge in [-0.2, -0.15) is 0 Å². The molecule has 9 nitrogen and oxygen atoms in total. The predicted molar refractivity (Wildman–Crippen MR) is 148 cm³/mol. The molecule has 1 atom stereocenters. The van der Waals surface area contributed by atoms with Crippen molar-refractivity contribution < 1.29 is 23.9 Å². The number of aryl methyl sites for hydroxylation is 1. The highest BCUT2D eigenvalue weighted by molar-refractivity contribution is 6.12. The first-order chi connectivity index (χ1) is 19.1. The molecular formula is C30H28FN5O4. The number of likely N-dealkylation sites (N-methyl/N-ethyl adjacent to an activating group) is 1. The minimum atomic E-state index is -1.01. The number of rotatable bonds is 6. The van der Waals surface area contributed by atoms with Crippen LogP contribution < -0.4 is 5.73 Å². The molecule has 0 bridgehead atoms. The number of pyridine rings is 2.